The molecule has 116 valence electrons. The Bertz CT molecular complexity index is 449. The molecule has 2 aliphatic rings. The zero-order chi connectivity index (χ0) is 14.7. The summed E-state index contributed by atoms with van der Waals surface area (Å²) in [5, 5.41) is 1.86. The van der Waals surface area contributed by atoms with E-state index in [1.165, 1.54) is 24.2 Å². The Kier molecular flexibility index (Phi) is 4.91. The normalized spacial score (nSPS) is 29.5. The van der Waals surface area contributed by atoms with Crippen molar-refractivity contribution in [3.63, 3.8) is 0 Å². The molecular weight excluding hydrogens is 284 g/mol. The van der Waals surface area contributed by atoms with Crippen molar-refractivity contribution in [2.75, 3.05) is 13.2 Å². The van der Waals surface area contributed by atoms with Gasteiger partial charge < -0.3 is 9.64 Å². The molecule has 5 heteroatoms. The van der Waals surface area contributed by atoms with Gasteiger partial charge in [-0.15, -0.1) is 11.3 Å². The molecule has 0 aromatic carbocycles. The topological polar surface area (TPSA) is 42.4 Å². The number of thiazole rings is 1. The summed E-state index contributed by atoms with van der Waals surface area (Å²) in [7, 11) is 0. The highest BCUT2D eigenvalue weighted by Gasteiger charge is 2.31. The quantitative estimate of drug-likeness (QED) is 0.856. The van der Waals surface area contributed by atoms with Crippen LogP contribution in [0.5, 0.6) is 0 Å². The second-order valence-electron chi connectivity index (χ2n) is 6.38. The summed E-state index contributed by atoms with van der Waals surface area (Å²) in [6, 6.07) is 0.361. The van der Waals surface area contributed by atoms with Gasteiger partial charge in [0.25, 0.3) is 5.91 Å². The molecule has 1 aliphatic heterocycles. The maximum absolute atomic E-state index is 12.8. The first kappa shape index (κ1) is 15.0. The summed E-state index contributed by atoms with van der Waals surface area (Å²) in [5.41, 5.74) is 2.33. The minimum Gasteiger partial charge on any atom is -0.376 e. The first-order valence-corrected chi connectivity index (χ1v) is 8.99. The SMILES string of the molecule is CC1CCC(N(CC2CCCO2)C(=O)c2cscn2)CC1. The van der Waals surface area contributed by atoms with E-state index in [0.717, 1.165) is 44.8 Å². The molecule has 4 nitrogen and oxygen atoms in total. The van der Waals surface area contributed by atoms with Crippen molar-refractivity contribution < 1.29 is 9.53 Å². The molecule has 3 rings (SSSR count). The summed E-state index contributed by atoms with van der Waals surface area (Å²) in [4.78, 5) is 19.0. The second-order valence-corrected chi connectivity index (χ2v) is 7.10. The molecule has 1 aromatic heterocycles. The van der Waals surface area contributed by atoms with Crippen LogP contribution >= 0.6 is 11.3 Å². The van der Waals surface area contributed by atoms with E-state index in [4.69, 9.17) is 4.74 Å². The average Bonchev–Trinajstić information content (AvgIpc) is 3.18. The van der Waals surface area contributed by atoms with Crippen LogP contribution < -0.4 is 0 Å². The standard InChI is InChI=1S/C16H24N2O2S/c1-12-4-6-13(7-5-12)18(9-14-3-2-8-20-14)16(19)15-10-21-11-17-15/h10-14H,2-9H2,1H3. The van der Waals surface area contributed by atoms with Crippen LogP contribution in [0, 0.1) is 5.92 Å². The number of carbonyl (C=O) groups is 1. The van der Waals surface area contributed by atoms with Gasteiger partial charge in [-0.3, -0.25) is 4.79 Å². The Hall–Kier alpha value is -0.940. The summed E-state index contributed by atoms with van der Waals surface area (Å²) < 4.78 is 5.75. The molecule has 1 aliphatic carbocycles. The van der Waals surface area contributed by atoms with Crippen molar-refractivity contribution in [3.8, 4) is 0 Å². The Labute approximate surface area is 130 Å². The van der Waals surface area contributed by atoms with Gasteiger partial charge >= 0.3 is 0 Å². The number of hydrogen-bond acceptors (Lipinski definition) is 4. The third-order valence-electron chi connectivity index (χ3n) is 4.76. The molecule has 1 atom stereocenters. The van der Waals surface area contributed by atoms with Gasteiger partial charge in [-0.1, -0.05) is 6.92 Å². The fraction of sp³-hybridized carbons (Fsp3) is 0.750. The number of carbonyl (C=O) groups excluding carboxylic acids is 1. The van der Waals surface area contributed by atoms with Gasteiger partial charge in [0.1, 0.15) is 5.69 Å². The van der Waals surface area contributed by atoms with Gasteiger partial charge in [-0.05, 0) is 44.4 Å². The van der Waals surface area contributed by atoms with Gasteiger partial charge in [0, 0.05) is 24.6 Å². The number of amides is 1. The van der Waals surface area contributed by atoms with Crippen LogP contribution in [0.15, 0.2) is 10.9 Å². The Morgan fingerprint density at radius 1 is 1.38 bits per heavy atom. The molecule has 2 heterocycles. The van der Waals surface area contributed by atoms with Crippen LogP contribution in [-0.2, 0) is 4.74 Å². The molecule has 21 heavy (non-hydrogen) atoms. The third-order valence-corrected chi connectivity index (χ3v) is 5.35. The molecule has 1 unspecified atom stereocenters. The van der Waals surface area contributed by atoms with Crippen LogP contribution in [0.4, 0.5) is 0 Å². The van der Waals surface area contributed by atoms with Crippen molar-refractivity contribution in [2.24, 2.45) is 5.92 Å². The van der Waals surface area contributed by atoms with E-state index in [-0.39, 0.29) is 12.0 Å². The lowest BCUT2D eigenvalue weighted by molar-refractivity contribution is 0.0338. The lowest BCUT2D eigenvalue weighted by Gasteiger charge is -2.37. The maximum Gasteiger partial charge on any atom is 0.273 e. The van der Waals surface area contributed by atoms with Gasteiger partial charge in [0.05, 0.1) is 11.6 Å². The zero-order valence-electron chi connectivity index (χ0n) is 12.7. The minimum absolute atomic E-state index is 0.0892. The molecule has 1 saturated carbocycles. The minimum atomic E-state index is 0.0892. The van der Waals surface area contributed by atoms with Gasteiger partial charge in [0.15, 0.2) is 0 Å². The van der Waals surface area contributed by atoms with E-state index in [9.17, 15) is 4.79 Å². The van der Waals surface area contributed by atoms with E-state index in [1.54, 1.807) is 5.51 Å². The van der Waals surface area contributed by atoms with Crippen LogP contribution in [-0.4, -0.2) is 41.1 Å². The molecule has 0 spiro atoms. The van der Waals surface area contributed by atoms with E-state index in [0.29, 0.717) is 11.7 Å². The first-order valence-electron chi connectivity index (χ1n) is 8.05. The molecule has 1 amide bonds. The molecule has 2 fully saturated rings. The van der Waals surface area contributed by atoms with Crippen LogP contribution in [0.3, 0.4) is 0 Å². The van der Waals surface area contributed by atoms with Gasteiger partial charge in [-0.25, -0.2) is 4.98 Å². The molecule has 0 radical (unpaired) electrons. The van der Waals surface area contributed by atoms with Gasteiger partial charge in [0.2, 0.25) is 0 Å². The van der Waals surface area contributed by atoms with Crippen molar-refractivity contribution >= 4 is 17.2 Å². The number of rotatable bonds is 4. The summed E-state index contributed by atoms with van der Waals surface area (Å²) >= 11 is 1.49. The largest absolute Gasteiger partial charge is 0.376 e. The van der Waals surface area contributed by atoms with Gasteiger partial charge in [-0.2, -0.15) is 0 Å². The lowest BCUT2D eigenvalue weighted by Crippen LogP contribution is -2.46. The smallest absolute Gasteiger partial charge is 0.273 e. The Balaban J connectivity index is 1.71. The van der Waals surface area contributed by atoms with Crippen LogP contribution in [0.1, 0.15) is 55.9 Å². The van der Waals surface area contributed by atoms with Crippen molar-refractivity contribution in [3.05, 3.63) is 16.6 Å². The third kappa shape index (κ3) is 3.64. The number of ether oxygens (including phenoxy) is 1. The highest BCUT2D eigenvalue weighted by molar-refractivity contribution is 7.07. The number of hydrogen-bond donors (Lipinski definition) is 0. The summed E-state index contributed by atoms with van der Waals surface area (Å²) in [6.45, 7) is 3.88. The predicted octanol–water partition coefficient (Wildman–Crippen LogP) is 3.34. The summed E-state index contributed by atoms with van der Waals surface area (Å²) in [6.07, 6.45) is 7.07. The summed E-state index contributed by atoms with van der Waals surface area (Å²) in [5.74, 6) is 0.881. The second kappa shape index (κ2) is 6.88. The van der Waals surface area contributed by atoms with Crippen molar-refractivity contribution in [1.82, 2.24) is 9.88 Å². The highest BCUT2D eigenvalue weighted by atomic mass is 32.1. The molecule has 0 N–H and O–H groups in total. The molecule has 0 bridgehead atoms. The molecule has 1 aromatic rings. The van der Waals surface area contributed by atoms with Crippen molar-refractivity contribution in [2.45, 2.75) is 57.6 Å². The van der Waals surface area contributed by atoms with Crippen LogP contribution in [0.2, 0.25) is 0 Å². The van der Waals surface area contributed by atoms with Crippen LogP contribution in [0.25, 0.3) is 0 Å². The predicted molar refractivity (Wildman–Crippen MR) is 83.5 cm³/mol. The first-order chi connectivity index (χ1) is 10.2. The average molecular weight is 308 g/mol. The highest BCUT2D eigenvalue weighted by Crippen LogP contribution is 2.29. The number of aromatic nitrogens is 1. The Morgan fingerprint density at radius 3 is 2.81 bits per heavy atom. The fourth-order valence-electron chi connectivity index (χ4n) is 3.42. The fourth-order valence-corrected chi connectivity index (χ4v) is 3.95. The zero-order valence-corrected chi connectivity index (χ0v) is 13.5. The van der Waals surface area contributed by atoms with E-state index in [1.807, 2.05) is 5.38 Å². The van der Waals surface area contributed by atoms with Crippen molar-refractivity contribution in [1.29, 1.82) is 0 Å². The lowest BCUT2D eigenvalue weighted by atomic mass is 9.86. The molecule has 1 saturated heterocycles. The number of nitrogens with zero attached hydrogens (tertiary/aromatic N) is 2. The maximum atomic E-state index is 12.8. The van der Waals surface area contributed by atoms with E-state index >= 15 is 0 Å². The van der Waals surface area contributed by atoms with E-state index in [2.05, 4.69) is 16.8 Å². The molecular formula is C16H24N2O2S. The van der Waals surface area contributed by atoms with E-state index < -0.39 is 0 Å². The monoisotopic (exact) mass is 308 g/mol. The Morgan fingerprint density at radius 2 is 2.19 bits per heavy atom.